The van der Waals surface area contributed by atoms with E-state index in [0.29, 0.717) is 30.3 Å². The molecule has 0 unspecified atom stereocenters. The molecule has 0 saturated carbocycles. The summed E-state index contributed by atoms with van der Waals surface area (Å²) in [4.78, 5) is 11.8. The number of hydrogen-bond acceptors (Lipinski definition) is 4. The molecule has 26 heavy (non-hydrogen) atoms. The zero-order valence-electron chi connectivity index (χ0n) is 16.9. The van der Waals surface area contributed by atoms with Crippen molar-refractivity contribution in [3.63, 3.8) is 0 Å². The molecule has 1 aromatic carbocycles. The Labute approximate surface area is 159 Å². The minimum Gasteiger partial charge on any atom is -0.490 e. The number of rotatable bonds is 15. The van der Waals surface area contributed by atoms with Gasteiger partial charge in [0.2, 0.25) is 0 Å². The Morgan fingerprint density at radius 1 is 0.769 bits per heavy atom. The molecule has 0 aliphatic rings. The van der Waals surface area contributed by atoms with E-state index in [0.717, 1.165) is 19.3 Å². The van der Waals surface area contributed by atoms with E-state index < -0.39 is 0 Å². The van der Waals surface area contributed by atoms with E-state index in [-0.39, 0.29) is 5.97 Å². The summed E-state index contributed by atoms with van der Waals surface area (Å²) < 4.78 is 16.6. The van der Waals surface area contributed by atoms with Crippen molar-refractivity contribution in [2.75, 3.05) is 20.3 Å². The quantitative estimate of drug-likeness (QED) is 0.276. The molecule has 0 amide bonds. The third-order valence-electron chi connectivity index (χ3n) is 4.38. The van der Waals surface area contributed by atoms with Gasteiger partial charge in [-0.25, -0.2) is 4.79 Å². The van der Waals surface area contributed by atoms with Crippen molar-refractivity contribution in [1.29, 1.82) is 0 Å². The lowest BCUT2D eigenvalue weighted by molar-refractivity contribution is 0.0600. The number of esters is 1. The molecule has 0 fully saturated rings. The predicted octanol–water partition coefficient (Wildman–Crippen LogP) is 6.17. The Bertz CT molecular complexity index is 499. The second-order valence-electron chi connectivity index (χ2n) is 6.68. The lowest BCUT2D eigenvalue weighted by atomic mass is 10.1. The van der Waals surface area contributed by atoms with Crippen LogP contribution in [0.5, 0.6) is 11.5 Å². The molecule has 1 rings (SSSR count). The largest absolute Gasteiger partial charge is 0.490 e. The Kier molecular flexibility index (Phi) is 12.4. The molecule has 0 aromatic heterocycles. The summed E-state index contributed by atoms with van der Waals surface area (Å²) >= 11 is 0. The second kappa shape index (κ2) is 14.5. The highest BCUT2D eigenvalue weighted by molar-refractivity contribution is 5.90. The van der Waals surface area contributed by atoms with Gasteiger partial charge in [-0.05, 0) is 31.0 Å². The summed E-state index contributed by atoms with van der Waals surface area (Å²) in [6.45, 7) is 5.74. The fraction of sp³-hybridized carbons (Fsp3) is 0.682. The van der Waals surface area contributed by atoms with E-state index in [4.69, 9.17) is 14.2 Å². The minimum atomic E-state index is -0.357. The van der Waals surface area contributed by atoms with Crippen molar-refractivity contribution in [1.82, 2.24) is 0 Å². The van der Waals surface area contributed by atoms with Crippen LogP contribution in [0.3, 0.4) is 0 Å². The highest BCUT2D eigenvalue weighted by Crippen LogP contribution is 2.29. The first-order valence-corrected chi connectivity index (χ1v) is 10.2. The van der Waals surface area contributed by atoms with Crippen molar-refractivity contribution >= 4 is 5.97 Å². The van der Waals surface area contributed by atoms with Gasteiger partial charge in [0.25, 0.3) is 0 Å². The van der Waals surface area contributed by atoms with E-state index in [1.165, 1.54) is 52.1 Å². The highest BCUT2D eigenvalue weighted by Gasteiger charge is 2.12. The number of carbonyl (C=O) groups is 1. The summed E-state index contributed by atoms with van der Waals surface area (Å²) in [5, 5.41) is 0. The van der Waals surface area contributed by atoms with Gasteiger partial charge in [0, 0.05) is 0 Å². The highest BCUT2D eigenvalue weighted by atomic mass is 16.5. The molecular weight excluding hydrogens is 328 g/mol. The molecule has 0 aliphatic heterocycles. The first-order chi connectivity index (χ1) is 12.7. The van der Waals surface area contributed by atoms with Crippen LogP contribution in [0.1, 0.15) is 88.4 Å². The summed E-state index contributed by atoms with van der Waals surface area (Å²) in [6.07, 6.45) is 11.9. The maximum absolute atomic E-state index is 11.8. The van der Waals surface area contributed by atoms with Crippen LogP contribution >= 0.6 is 0 Å². The van der Waals surface area contributed by atoms with Gasteiger partial charge in [0.15, 0.2) is 11.5 Å². The molecule has 0 N–H and O–H groups in total. The number of carbonyl (C=O) groups excluding carboxylic acids is 1. The van der Waals surface area contributed by atoms with Gasteiger partial charge in [-0.2, -0.15) is 0 Å². The van der Waals surface area contributed by atoms with Crippen molar-refractivity contribution in [3.05, 3.63) is 23.8 Å². The molecule has 0 saturated heterocycles. The van der Waals surface area contributed by atoms with E-state index >= 15 is 0 Å². The average molecular weight is 365 g/mol. The van der Waals surface area contributed by atoms with Crippen molar-refractivity contribution < 1.29 is 19.0 Å². The van der Waals surface area contributed by atoms with Gasteiger partial charge in [-0.15, -0.1) is 0 Å². The summed E-state index contributed by atoms with van der Waals surface area (Å²) in [5.74, 6) is 0.988. The van der Waals surface area contributed by atoms with Crippen LogP contribution in [0.25, 0.3) is 0 Å². The number of benzene rings is 1. The first kappa shape index (κ1) is 22.3. The van der Waals surface area contributed by atoms with Crippen LogP contribution in [0.4, 0.5) is 0 Å². The number of unbranched alkanes of at least 4 members (excludes halogenated alkanes) is 8. The van der Waals surface area contributed by atoms with Gasteiger partial charge in [0.05, 0.1) is 25.9 Å². The maximum Gasteiger partial charge on any atom is 0.337 e. The zero-order valence-corrected chi connectivity index (χ0v) is 16.9. The van der Waals surface area contributed by atoms with Crippen molar-refractivity contribution in [3.8, 4) is 11.5 Å². The molecule has 4 nitrogen and oxygen atoms in total. The molecule has 0 bridgehead atoms. The summed E-state index contributed by atoms with van der Waals surface area (Å²) in [6, 6.07) is 5.27. The Morgan fingerprint density at radius 2 is 1.31 bits per heavy atom. The molecular formula is C22H36O4. The van der Waals surface area contributed by atoms with Gasteiger partial charge in [-0.1, -0.05) is 65.2 Å². The second-order valence-corrected chi connectivity index (χ2v) is 6.68. The van der Waals surface area contributed by atoms with Crippen molar-refractivity contribution in [2.24, 2.45) is 0 Å². The monoisotopic (exact) mass is 364 g/mol. The zero-order chi connectivity index (χ0) is 19.0. The van der Waals surface area contributed by atoms with Crippen LogP contribution in [-0.2, 0) is 4.74 Å². The SMILES string of the molecule is CCCCCCCOc1ccc(C(=O)OC)cc1OCCCCCCC. The van der Waals surface area contributed by atoms with Crippen LogP contribution in [0.15, 0.2) is 18.2 Å². The molecule has 0 heterocycles. The Hall–Kier alpha value is -1.71. The Balaban J connectivity index is 2.55. The minimum absolute atomic E-state index is 0.357. The lowest BCUT2D eigenvalue weighted by Crippen LogP contribution is -2.06. The third-order valence-corrected chi connectivity index (χ3v) is 4.38. The van der Waals surface area contributed by atoms with Crippen LogP contribution in [-0.4, -0.2) is 26.3 Å². The predicted molar refractivity (Wildman–Crippen MR) is 106 cm³/mol. The molecule has 1 aromatic rings. The molecule has 0 atom stereocenters. The first-order valence-electron chi connectivity index (χ1n) is 10.2. The third kappa shape index (κ3) is 9.12. The smallest absolute Gasteiger partial charge is 0.337 e. The van der Waals surface area contributed by atoms with Gasteiger partial charge < -0.3 is 14.2 Å². The normalized spacial score (nSPS) is 10.6. The fourth-order valence-electron chi connectivity index (χ4n) is 2.76. The van der Waals surface area contributed by atoms with E-state index in [9.17, 15) is 4.79 Å². The standard InChI is InChI=1S/C22H36O4/c1-4-6-8-10-12-16-25-20-15-14-19(22(23)24-3)18-21(20)26-17-13-11-9-7-5-2/h14-15,18H,4-13,16-17H2,1-3H3. The van der Waals surface area contributed by atoms with Gasteiger partial charge in [0.1, 0.15) is 0 Å². The molecule has 4 heteroatoms. The maximum atomic E-state index is 11.8. The fourth-order valence-corrected chi connectivity index (χ4v) is 2.76. The number of hydrogen-bond donors (Lipinski definition) is 0. The Morgan fingerprint density at radius 3 is 1.85 bits per heavy atom. The van der Waals surface area contributed by atoms with Gasteiger partial charge in [-0.3, -0.25) is 0 Å². The van der Waals surface area contributed by atoms with Crippen LogP contribution in [0.2, 0.25) is 0 Å². The molecule has 148 valence electrons. The summed E-state index contributed by atoms with van der Waals surface area (Å²) in [5.41, 5.74) is 0.490. The molecule has 0 radical (unpaired) electrons. The molecule has 0 aliphatic carbocycles. The van der Waals surface area contributed by atoms with Crippen LogP contribution < -0.4 is 9.47 Å². The number of ether oxygens (including phenoxy) is 3. The lowest BCUT2D eigenvalue weighted by Gasteiger charge is -2.14. The van der Waals surface area contributed by atoms with E-state index in [2.05, 4.69) is 13.8 Å². The summed E-state index contributed by atoms with van der Waals surface area (Å²) in [7, 11) is 1.39. The topological polar surface area (TPSA) is 44.8 Å². The van der Waals surface area contributed by atoms with Crippen molar-refractivity contribution in [2.45, 2.75) is 78.1 Å². The number of methoxy groups -OCH3 is 1. The van der Waals surface area contributed by atoms with E-state index in [1.54, 1.807) is 12.1 Å². The van der Waals surface area contributed by atoms with E-state index in [1.807, 2.05) is 6.07 Å². The average Bonchev–Trinajstić information content (AvgIpc) is 2.67. The van der Waals surface area contributed by atoms with Gasteiger partial charge >= 0.3 is 5.97 Å². The van der Waals surface area contributed by atoms with Crippen LogP contribution in [0, 0.1) is 0 Å². The molecule has 0 spiro atoms.